The van der Waals surface area contributed by atoms with E-state index in [0.29, 0.717) is 6.42 Å². The Kier molecular flexibility index (Phi) is 6.37. The summed E-state index contributed by atoms with van der Waals surface area (Å²) in [4.78, 5) is 36.7. The number of ketones is 2. The molecule has 3 fully saturated rings. The van der Waals surface area contributed by atoms with Gasteiger partial charge in [0.2, 0.25) is 0 Å². The van der Waals surface area contributed by atoms with E-state index in [0.717, 1.165) is 0 Å². The number of alkyl halides is 3. The van der Waals surface area contributed by atoms with Gasteiger partial charge in [-0.2, -0.15) is 0 Å². The third kappa shape index (κ3) is 3.04. The van der Waals surface area contributed by atoms with Gasteiger partial charge in [-0.3, -0.25) is 14.4 Å². The Morgan fingerprint density at radius 3 is 2.50 bits per heavy atom. The first-order chi connectivity index (χ1) is 15.7. The van der Waals surface area contributed by atoms with Crippen molar-refractivity contribution in [2.24, 2.45) is 28.6 Å². The van der Waals surface area contributed by atoms with Gasteiger partial charge in [0, 0.05) is 23.2 Å². The number of Topliss-reactive ketones (excluding diaryl/α,β-unsaturated/α-hetero) is 1. The van der Waals surface area contributed by atoms with Crippen LogP contribution in [0.15, 0.2) is 22.8 Å². The van der Waals surface area contributed by atoms with E-state index in [1.807, 2.05) is 13.8 Å². The topological polar surface area (TPSA) is 80.7 Å². The number of hydrogen-bond donors (Lipinski definition) is 1. The van der Waals surface area contributed by atoms with Gasteiger partial charge in [0.25, 0.3) is 0 Å². The van der Waals surface area contributed by atoms with Crippen LogP contribution in [0.4, 0.5) is 4.39 Å². The predicted octanol–water partition coefficient (Wildman–Crippen LogP) is 4.89. The Morgan fingerprint density at radius 1 is 1.26 bits per heavy atom. The second kappa shape index (κ2) is 8.29. The Labute approximate surface area is 214 Å². The molecule has 188 valence electrons. The van der Waals surface area contributed by atoms with Crippen LogP contribution in [-0.4, -0.2) is 51.3 Å². The van der Waals surface area contributed by atoms with Crippen LogP contribution < -0.4 is 0 Å². The van der Waals surface area contributed by atoms with Gasteiger partial charge in [-0.25, -0.2) is 4.39 Å². The Morgan fingerprint density at radius 2 is 1.91 bits per heavy atom. The highest BCUT2D eigenvalue weighted by molar-refractivity contribution is 6.45. The van der Waals surface area contributed by atoms with Crippen molar-refractivity contribution in [1.82, 2.24) is 0 Å². The highest BCUT2D eigenvalue weighted by Gasteiger charge is 2.77. The van der Waals surface area contributed by atoms with Crippen molar-refractivity contribution < 1.29 is 28.6 Å². The van der Waals surface area contributed by atoms with E-state index >= 15 is 4.39 Å². The van der Waals surface area contributed by atoms with Crippen molar-refractivity contribution in [3.8, 4) is 0 Å². The molecule has 0 aromatic rings. The number of carbonyl (C=O) groups is 3. The molecule has 0 saturated heterocycles. The molecular formula is C25H30Cl3FO5. The number of ether oxygens (including phenoxy) is 1. The molecule has 5 nitrogen and oxygen atoms in total. The minimum Gasteiger partial charge on any atom is -0.450 e. The molecule has 0 unspecified atom stereocenters. The molecule has 34 heavy (non-hydrogen) atoms. The molecule has 0 heterocycles. The number of hydrogen-bond acceptors (Lipinski definition) is 5. The maximum Gasteiger partial charge on any atom is 0.306 e. The van der Waals surface area contributed by atoms with Crippen molar-refractivity contribution in [3.05, 3.63) is 22.8 Å². The van der Waals surface area contributed by atoms with Crippen LogP contribution in [0.1, 0.15) is 53.4 Å². The van der Waals surface area contributed by atoms with Crippen molar-refractivity contribution >= 4 is 52.3 Å². The first-order valence-electron chi connectivity index (χ1n) is 11.7. The summed E-state index contributed by atoms with van der Waals surface area (Å²) in [5.74, 6) is -3.14. The van der Waals surface area contributed by atoms with E-state index in [9.17, 15) is 19.5 Å². The summed E-state index contributed by atoms with van der Waals surface area (Å²) in [6.45, 7) is 7.00. The van der Waals surface area contributed by atoms with Gasteiger partial charge in [0.1, 0.15) is 6.17 Å². The van der Waals surface area contributed by atoms with E-state index < -0.39 is 63.0 Å². The maximum absolute atomic E-state index is 15.7. The standard InChI is InChI=1S/C25H30Cl3FO5/c1-5-21(33)34-25(20(32)11-26)12(2)6-13-14-7-17(29)15-8-18(30)16(27)9-22(15,3)24(14,28)19(31)10-23(13,25)4/h8-9,12-14,17,19,31H,5-7,10-11H2,1-4H3/t12-,13+,14+,17+,19+,22+,23+,24+,25-/m1/s1. The molecule has 0 aliphatic heterocycles. The fourth-order valence-electron chi connectivity index (χ4n) is 7.80. The molecule has 0 amide bonds. The molecule has 9 atom stereocenters. The van der Waals surface area contributed by atoms with Crippen LogP contribution in [-0.2, 0) is 19.1 Å². The fraction of sp³-hybridized carbons (Fsp3) is 0.720. The lowest BCUT2D eigenvalue weighted by atomic mass is 9.45. The summed E-state index contributed by atoms with van der Waals surface area (Å²) in [5.41, 5.74) is -3.57. The van der Waals surface area contributed by atoms with Gasteiger partial charge in [-0.1, -0.05) is 39.3 Å². The van der Waals surface area contributed by atoms with Crippen LogP contribution in [0, 0.1) is 28.6 Å². The summed E-state index contributed by atoms with van der Waals surface area (Å²) in [5, 5.41) is 11.6. The molecule has 0 aromatic heterocycles. The third-order valence-corrected chi connectivity index (χ3v) is 10.8. The van der Waals surface area contributed by atoms with Crippen LogP contribution >= 0.6 is 34.8 Å². The van der Waals surface area contributed by atoms with Gasteiger partial charge in [-0.15, -0.1) is 23.2 Å². The average Bonchev–Trinajstić information content (AvgIpc) is 2.99. The average molecular weight is 536 g/mol. The van der Waals surface area contributed by atoms with Gasteiger partial charge < -0.3 is 9.84 Å². The normalized spacial score (nSPS) is 47.7. The molecule has 1 N–H and O–H groups in total. The zero-order valence-corrected chi connectivity index (χ0v) is 21.9. The van der Waals surface area contributed by atoms with Gasteiger partial charge >= 0.3 is 5.97 Å². The smallest absolute Gasteiger partial charge is 0.306 e. The van der Waals surface area contributed by atoms with Crippen LogP contribution in [0.3, 0.4) is 0 Å². The molecule has 3 saturated carbocycles. The van der Waals surface area contributed by atoms with Gasteiger partial charge in [0.15, 0.2) is 17.2 Å². The highest BCUT2D eigenvalue weighted by Crippen LogP contribution is 2.72. The largest absolute Gasteiger partial charge is 0.450 e. The van der Waals surface area contributed by atoms with E-state index in [2.05, 4.69) is 0 Å². The molecule has 0 spiro atoms. The van der Waals surface area contributed by atoms with E-state index in [1.165, 1.54) is 12.2 Å². The number of allylic oxidation sites excluding steroid dienone is 4. The molecule has 4 aliphatic carbocycles. The van der Waals surface area contributed by atoms with Crippen LogP contribution in [0.25, 0.3) is 0 Å². The number of aliphatic hydroxyl groups excluding tert-OH is 1. The van der Waals surface area contributed by atoms with E-state index in [1.54, 1.807) is 13.8 Å². The van der Waals surface area contributed by atoms with Crippen molar-refractivity contribution in [1.29, 1.82) is 0 Å². The summed E-state index contributed by atoms with van der Waals surface area (Å²) in [6, 6.07) is 0. The highest BCUT2D eigenvalue weighted by atomic mass is 35.5. The Balaban J connectivity index is 1.90. The molecule has 9 heteroatoms. The summed E-state index contributed by atoms with van der Waals surface area (Å²) < 4.78 is 21.6. The number of aliphatic hydroxyl groups is 1. The van der Waals surface area contributed by atoms with E-state index in [4.69, 9.17) is 39.5 Å². The SMILES string of the molecule is CCC(=O)O[C@@]1(C(=O)CCl)[C@H](C)C[C@H]2[C@@H]3C[C@H](F)C4=CC(=O)C(Cl)=C[C@]4(C)[C@@]3(Cl)[C@@H](O)C[C@@]21C. The maximum atomic E-state index is 15.7. The summed E-state index contributed by atoms with van der Waals surface area (Å²) >= 11 is 19.6. The number of fused-ring (bicyclic) bond motifs is 5. The number of rotatable bonds is 4. The molecular weight excluding hydrogens is 506 g/mol. The van der Waals surface area contributed by atoms with Crippen LogP contribution in [0.2, 0.25) is 0 Å². The molecule has 0 aromatic carbocycles. The van der Waals surface area contributed by atoms with Crippen molar-refractivity contribution in [3.63, 3.8) is 0 Å². The minimum absolute atomic E-state index is 0.0272. The van der Waals surface area contributed by atoms with Crippen LogP contribution in [0.5, 0.6) is 0 Å². The lowest BCUT2D eigenvalue weighted by Gasteiger charge is -2.64. The quantitative estimate of drug-likeness (QED) is 0.410. The number of carbonyl (C=O) groups excluding carboxylic acids is 3. The van der Waals surface area contributed by atoms with Crippen molar-refractivity contribution in [2.45, 2.75) is 76.1 Å². The molecule has 4 aliphatic rings. The fourth-order valence-corrected chi connectivity index (χ4v) is 8.75. The second-order valence-corrected chi connectivity index (χ2v) is 12.0. The zero-order valence-electron chi connectivity index (χ0n) is 19.7. The molecule has 0 bridgehead atoms. The monoisotopic (exact) mass is 534 g/mol. The van der Waals surface area contributed by atoms with E-state index in [-0.39, 0.29) is 41.7 Å². The molecule has 0 radical (unpaired) electrons. The van der Waals surface area contributed by atoms with Gasteiger partial charge in [-0.05, 0) is 48.8 Å². The van der Waals surface area contributed by atoms with Crippen molar-refractivity contribution in [2.75, 3.05) is 5.88 Å². The lowest BCUT2D eigenvalue weighted by Crippen LogP contribution is -2.70. The third-order valence-electron chi connectivity index (χ3n) is 9.33. The molecule has 4 rings (SSSR count). The zero-order chi connectivity index (χ0) is 25.4. The number of esters is 1. The number of halogens is 4. The Bertz CT molecular complexity index is 1010. The minimum atomic E-state index is -1.55. The lowest BCUT2D eigenvalue weighted by molar-refractivity contribution is -0.201. The first kappa shape index (κ1) is 26.1. The predicted molar refractivity (Wildman–Crippen MR) is 128 cm³/mol. The first-order valence-corrected chi connectivity index (χ1v) is 13.0. The Hall–Kier alpha value is -0.950. The second-order valence-electron chi connectivity index (χ2n) is 10.7. The van der Waals surface area contributed by atoms with Gasteiger partial charge in [0.05, 0.1) is 21.9 Å². The summed E-state index contributed by atoms with van der Waals surface area (Å²) in [7, 11) is 0. The summed E-state index contributed by atoms with van der Waals surface area (Å²) in [6.07, 6.45) is 0.525.